The Balaban J connectivity index is 2.37. The van der Waals surface area contributed by atoms with Gasteiger partial charge in [-0.1, -0.05) is 6.07 Å². The summed E-state index contributed by atoms with van der Waals surface area (Å²) in [5, 5.41) is 9.20. The lowest BCUT2D eigenvalue weighted by atomic mass is 10.1. The molecule has 0 aliphatic carbocycles. The molecular formula is C10H12N2O. The molecule has 0 spiro atoms. The van der Waals surface area contributed by atoms with Gasteiger partial charge in [-0.25, -0.2) is 4.98 Å². The van der Waals surface area contributed by atoms with Gasteiger partial charge in [-0.05, 0) is 25.0 Å². The zero-order chi connectivity index (χ0) is 9.26. The summed E-state index contributed by atoms with van der Waals surface area (Å²) < 4.78 is 1.96. The maximum absolute atomic E-state index is 9.20. The molecule has 0 saturated carbocycles. The van der Waals surface area contributed by atoms with Gasteiger partial charge in [0, 0.05) is 18.6 Å². The first-order chi connectivity index (χ1) is 6.25. The van der Waals surface area contributed by atoms with Crippen LogP contribution in [0.15, 0.2) is 30.7 Å². The van der Waals surface area contributed by atoms with E-state index in [0.29, 0.717) is 6.42 Å². The third-order valence-electron chi connectivity index (χ3n) is 1.98. The van der Waals surface area contributed by atoms with E-state index < -0.39 is 0 Å². The van der Waals surface area contributed by atoms with Crippen molar-refractivity contribution in [3.05, 3.63) is 36.3 Å². The van der Waals surface area contributed by atoms with Crippen LogP contribution < -0.4 is 0 Å². The first-order valence-electron chi connectivity index (χ1n) is 4.35. The van der Waals surface area contributed by atoms with Crippen molar-refractivity contribution in [1.82, 2.24) is 9.38 Å². The Morgan fingerprint density at radius 1 is 1.54 bits per heavy atom. The van der Waals surface area contributed by atoms with Crippen LogP contribution in [0.25, 0.3) is 5.65 Å². The van der Waals surface area contributed by atoms with Gasteiger partial charge < -0.3 is 9.51 Å². The molecule has 0 aliphatic heterocycles. The summed E-state index contributed by atoms with van der Waals surface area (Å²) in [7, 11) is 0. The maximum atomic E-state index is 9.20. The van der Waals surface area contributed by atoms with Gasteiger partial charge >= 0.3 is 0 Å². The van der Waals surface area contributed by atoms with Crippen LogP contribution in [-0.4, -0.2) is 20.6 Å². The van der Waals surface area contributed by atoms with E-state index in [1.165, 1.54) is 0 Å². The summed E-state index contributed by atoms with van der Waals surface area (Å²) in [5.41, 5.74) is 2.06. The van der Waals surface area contributed by atoms with E-state index in [1.807, 2.05) is 28.9 Å². The molecule has 1 N–H and O–H groups in total. The molecule has 0 bridgehead atoms. The van der Waals surface area contributed by atoms with Crippen LogP contribution >= 0.6 is 0 Å². The Morgan fingerprint density at radius 2 is 2.38 bits per heavy atom. The molecule has 2 aromatic heterocycles. The summed E-state index contributed by atoms with van der Waals surface area (Å²) in [6.07, 6.45) is 6.06. The predicted molar refractivity (Wildman–Crippen MR) is 50.6 cm³/mol. The minimum atomic E-state index is -0.291. The molecule has 0 aliphatic rings. The van der Waals surface area contributed by atoms with Crippen LogP contribution in [0, 0.1) is 0 Å². The summed E-state index contributed by atoms with van der Waals surface area (Å²) >= 11 is 0. The van der Waals surface area contributed by atoms with Gasteiger partial charge in [-0.3, -0.25) is 0 Å². The third kappa shape index (κ3) is 1.70. The van der Waals surface area contributed by atoms with Crippen molar-refractivity contribution >= 4 is 5.65 Å². The zero-order valence-corrected chi connectivity index (χ0v) is 7.51. The van der Waals surface area contributed by atoms with Crippen LogP contribution in [0.3, 0.4) is 0 Å². The standard InChI is InChI=1S/C10H12N2O/c1-8(13)6-9-2-3-10-11-4-5-12(10)7-9/h2-5,7-8,13H,6H2,1H3. The van der Waals surface area contributed by atoms with Crippen LogP contribution in [0.5, 0.6) is 0 Å². The predicted octanol–water partition coefficient (Wildman–Crippen LogP) is 1.26. The summed E-state index contributed by atoms with van der Waals surface area (Å²) in [4.78, 5) is 4.14. The van der Waals surface area contributed by atoms with Gasteiger partial charge in [0.05, 0.1) is 6.10 Å². The lowest BCUT2D eigenvalue weighted by Gasteiger charge is -2.04. The first kappa shape index (κ1) is 8.26. The smallest absolute Gasteiger partial charge is 0.136 e. The molecule has 2 heterocycles. The van der Waals surface area contributed by atoms with Gasteiger partial charge in [0.2, 0.25) is 0 Å². The number of hydrogen-bond acceptors (Lipinski definition) is 2. The van der Waals surface area contributed by atoms with E-state index in [-0.39, 0.29) is 6.10 Å². The fourth-order valence-electron chi connectivity index (χ4n) is 1.43. The number of aliphatic hydroxyl groups excluding tert-OH is 1. The SMILES string of the molecule is CC(O)Cc1ccc2nccn2c1. The Bertz CT molecular complexity index is 406. The molecule has 2 aromatic rings. The number of fused-ring (bicyclic) bond motifs is 1. The highest BCUT2D eigenvalue weighted by Crippen LogP contribution is 2.06. The van der Waals surface area contributed by atoms with Gasteiger partial charge in [-0.2, -0.15) is 0 Å². The minimum absolute atomic E-state index is 0.291. The van der Waals surface area contributed by atoms with Crippen LogP contribution in [-0.2, 0) is 6.42 Å². The number of hydrogen-bond donors (Lipinski definition) is 1. The fraction of sp³-hybridized carbons (Fsp3) is 0.300. The van der Waals surface area contributed by atoms with E-state index in [4.69, 9.17) is 0 Å². The molecule has 0 amide bonds. The summed E-state index contributed by atoms with van der Waals surface area (Å²) in [5.74, 6) is 0. The van der Waals surface area contributed by atoms with Crippen molar-refractivity contribution in [3.63, 3.8) is 0 Å². The van der Waals surface area contributed by atoms with Crippen molar-refractivity contribution in [2.24, 2.45) is 0 Å². The topological polar surface area (TPSA) is 37.5 Å². The molecule has 0 aromatic carbocycles. The number of nitrogens with zero attached hydrogens (tertiary/aromatic N) is 2. The molecule has 1 unspecified atom stereocenters. The summed E-state index contributed by atoms with van der Waals surface area (Å²) in [6, 6.07) is 3.95. The van der Waals surface area contributed by atoms with Crippen LogP contribution in [0.2, 0.25) is 0 Å². The third-order valence-corrected chi connectivity index (χ3v) is 1.98. The first-order valence-corrected chi connectivity index (χ1v) is 4.35. The van der Waals surface area contributed by atoms with Crippen molar-refractivity contribution < 1.29 is 5.11 Å². The van der Waals surface area contributed by atoms with E-state index in [2.05, 4.69) is 4.98 Å². The minimum Gasteiger partial charge on any atom is -0.393 e. The second-order valence-electron chi connectivity index (χ2n) is 3.28. The molecule has 0 radical (unpaired) electrons. The zero-order valence-electron chi connectivity index (χ0n) is 7.51. The molecule has 68 valence electrons. The Labute approximate surface area is 76.7 Å². The normalized spacial score (nSPS) is 13.4. The van der Waals surface area contributed by atoms with Crippen molar-refractivity contribution in [3.8, 4) is 0 Å². The number of pyridine rings is 1. The molecule has 3 heteroatoms. The molecule has 0 saturated heterocycles. The van der Waals surface area contributed by atoms with Crippen molar-refractivity contribution in [1.29, 1.82) is 0 Å². The Hall–Kier alpha value is -1.35. The van der Waals surface area contributed by atoms with Crippen LogP contribution in [0.1, 0.15) is 12.5 Å². The van der Waals surface area contributed by atoms with Crippen LogP contribution in [0.4, 0.5) is 0 Å². The maximum Gasteiger partial charge on any atom is 0.136 e. The van der Waals surface area contributed by atoms with E-state index in [0.717, 1.165) is 11.2 Å². The second kappa shape index (κ2) is 3.18. The molecule has 13 heavy (non-hydrogen) atoms. The molecule has 2 rings (SSSR count). The number of imidazole rings is 1. The number of aliphatic hydroxyl groups is 1. The highest BCUT2D eigenvalue weighted by atomic mass is 16.3. The average molecular weight is 176 g/mol. The lowest BCUT2D eigenvalue weighted by molar-refractivity contribution is 0.195. The Kier molecular flexibility index (Phi) is 2.02. The number of rotatable bonds is 2. The van der Waals surface area contributed by atoms with E-state index >= 15 is 0 Å². The Morgan fingerprint density at radius 3 is 3.15 bits per heavy atom. The van der Waals surface area contributed by atoms with E-state index in [1.54, 1.807) is 13.1 Å². The quantitative estimate of drug-likeness (QED) is 0.748. The highest BCUT2D eigenvalue weighted by Gasteiger charge is 2.00. The highest BCUT2D eigenvalue weighted by molar-refractivity contribution is 5.39. The van der Waals surface area contributed by atoms with Gasteiger partial charge in [0.15, 0.2) is 0 Å². The van der Waals surface area contributed by atoms with Crippen molar-refractivity contribution in [2.75, 3.05) is 0 Å². The molecular weight excluding hydrogens is 164 g/mol. The largest absolute Gasteiger partial charge is 0.393 e. The molecule has 1 atom stereocenters. The van der Waals surface area contributed by atoms with Gasteiger partial charge in [0.1, 0.15) is 5.65 Å². The van der Waals surface area contributed by atoms with Crippen molar-refractivity contribution in [2.45, 2.75) is 19.4 Å². The fourth-order valence-corrected chi connectivity index (χ4v) is 1.43. The molecule has 0 fully saturated rings. The second-order valence-corrected chi connectivity index (χ2v) is 3.28. The van der Waals surface area contributed by atoms with Gasteiger partial charge in [-0.15, -0.1) is 0 Å². The average Bonchev–Trinajstić information content (AvgIpc) is 2.49. The monoisotopic (exact) mass is 176 g/mol. The summed E-state index contributed by atoms with van der Waals surface area (Å²) in [6.45, 7) is 1.79. The molecule has 3 nitrogen and oxygen atoms in total. The van der Waals surface area contributed by atoms with Gasteiger partial charge in [0.25, 0.3) is 0 Å². The number of aromatic nitrogens is 2. The lowest BCUT2D eigenvalue weighted by Crippen LogP contribution is -2.04. The van der Waals surface area contributed by atoms with E-state index in [9.17, 15) is 5.11 Å².